The summed E-state index contributed by atoms with van der Waals surface area (Å²) >= 11 is 0. The fraction of sp³-hybridized carbons (Fsp3) is 0.417. The molecule has 0 aliphatic carbocycles. The first-order valence-corrected chi connectivity index (χ1v) is 6.20. The van der Waals surface area contributed by atoms with Crippen molar-refractivity contribution in [1.82, 2.24) is 15.5 Å². The van der Waals surface area contributed by atoms with Crippen LogP contribution >= 0.6 is 0 Å². The summed E-state index contributed by atoms with van der Waals surface area (Å²) in [4.78, 5) is 56.9. The van der Waals surface area contributed by atoms with Crippen LogP contribution in [0.25, 0.3) is 0 Å². The molecule has 1 aliphatic heterocycles. The zero-order valence-corrected chi connectivity index (χ0v) is 11.4. The maximum atomic E-state index is 11.5. The van der Waals surface area contributed by atoms with E-state index in [1.807, 2.05) is 0 Å². The van der Waals surface area contributed by atoms with Crippen LogP contribution < -0.4 is 16.4 Å². The lowest BCUT2D eigenvalue weighted by Gasteiger charge is -2.14. The fourth-order valence-corrected chi connectivity index (χ4v) is 1.49. The van der Waals surface area contributed by atoms with Crippen molar-refractivity contribution >= 4 is 29.5 Å². The van der Waals surface area contributed by atoms with Gasteiger partial charge in [0.2, 0.25) is 17.7 Å². The Balaban J connectivity index is 2.25. The molecule has 0 unspecified atom stereocenters. The van der Waals surface area contributed by atoms with Crippen LogP contribution in [0.5, 0.6) is 0 Å². The van der Waals surface area contributed by atoms with Crippen molar-refractivity contribution in [2.24, 2.45) is 5.73 Å². The highest BCUT2D eigenvalue weighted by Crippen LogP contribution is 2.02. The molecule has 0 fully saturated rings. The van der Waals surface area contributed by atoms with E-state index in [1.54, 1.807) is 0 Å². The zero-order chi connectivity index (χ0) is 16.0. The zero-order valence-electron chi connectivity index (χ0n) is 11.4. The van der Waals surface area contributed by atoms with E-state index in [0.29, 0.717) is 0 Å². The van der Waals surface area contributed by atoms with Crippen LogP contribution in [0, 0.1) is 0 Å². The number of hydrogen-bond acceptors (Lipinski definition) is 5. The Morgan fingerprint density at radius 1 is 1.19 bits per heavy atom. The first-order valence-electron chi connectivity index (χ1n) is 6.20. The molecule has 0 saturated carbocycles. The predicted molar refractivity (Wildman–Crippen MR) is 70.3 cm³/mol. The Morgan fingerprint density at radius 2 is 1.76 bits per heavy atom. The molecule has 1 rings (SSSR count). The third-order valence-corrected chi connectivity index (χ3v) is 2.68. The van der Waals surface area contributed by atoms with Crippen LogP contribution in [0.15, 0.2) is 12.2 Å². The highest BCUT2D eigenvalue weighted by molar-refractivity contribution is 6.14. The Morgan fingerprint density at radius 3 is 2.29 bits per heavy atom. The number of carbonyl (C=O) groups is 5. The van der Waals surface area contributed by atoms with E-state index in [9.17, 15) is 24.0 Å². The molecule has 5 amide bonds. The van der Waals surface area contributed by atoms with Crippen LogP contribution in [-0.4, -0.2) is 53.6 Å². The van der Waals surface area contributed by atoms with E-state index >= 15 is 0 Å². The van der Waals surface area contributed by atoms with E-state index in [-0.39, 0.29) is 13.0 Å². The van der Waals surface area contributed by atoms with Crippen molar-refractivity contribution in [2.45, 2.75) is 19.4 Å². The van der Waals surface area contributed by atoms with Gasteiger partial charge in [0.25, 0.3) is 11.8 Å². The first-order chi connectivity index (χ1) is 9.81. The molecule has 0 spiro atoms. The third-order valence-electron chi connectivity index (χ3n) is 2.68. The van der Waals surface area contributed by atoms with Gasteiger partial charge >= 0.3 is 0 Å². The van der Waals surface area contributed by atoms with Crippen LogP contribution in [-0.2, 0) is 24.0 Å². The lowest BCUT2D eigenvalue weighted by Crippen LogP contribution is -2.44. The number of hydrogen-bond donors (Lipinski definition) is 3. The molecule has 21 heavy (non-hydrogen) atoms. The van der Waals surface area contributed by atoms with Gasteiger partial charge in [0.1, 0.15) is 12.6 Å². The second kappa shape index (κ2) is 7.17. The maximum Gasteiger partial charge on any atom is 0.254 e. The monoisotopic (exact) mass is 296 g/mol. The Labute approximate surface area is 120 Å². The van der Waals surface area contributed by atoms with Crippen LogP contribution in [0.3, 0.4) is 0 Å². The molecule has 9 heteroatoms. The molecule has 1 aliphatic rings. The quantitative estimate of drug-likeness (QED) is 0.442. The number of amides is 5. The molecule has 4 N–H and O–H groups in total. The molecule has 1 heterocycles. The summed E-state index contributed by atoms with van der Waals surface area (Å²) < 4.78 is 0. The summed E-state index contributed by atoms with van der Waals surface area (Å²) in [5.74, 6) is -2.77. The van der Waals surface area contributed by atoms with E-state index < -0.39 is 42.1 Å². The number of carbonyl (C=O) groups excluding carboxylic acids is 5. The summed E-state index contributed by atoms with van der Waals surface area (Å²) in [6.45, 7) is 1.06. The lowest BCUT2D eigenvalue weighted by atomic mass is 10.3. The largest absolute Gasteiger partial charge is 0.368 e. The van der Waals surface area contributed by atoms with Gasteiger partial charge < -0.3 is 16.4 Å². The standard InChI is InChI=1S/C12H16N4O5/c1-7(12(13)21)15-8(17)4-5-14-9(18)6-16-10(19)2-3-11(16)20/h2-3,7H,4-6H2,1H3,(H2,13,21)(H,14,18)(H,15,17)/t7-/m0/s1. The summed E-state index contributed by atoms with van der Waals surface area (Å²) in [5.41, 5.74) is 4.98. The summed E-state index contributed by atoms with van der Waals surface area (Å²) in [5, 5.41) is 4.74. The third kappa shape index (κ3) is 5.05. The molecule has 9 nitrogen and oxygen atoms in total. The van der Waals surface area contributed by atoms with Crippen molar-refractivity contribution in [2.75, 3.05) is 13.1 Å². The number of nitrogens with zero attached hydrogens (tertiary/aromatic N) is 1. The molecule has 0 radical (unpaired) electrons. The molecule has 0 saturated heterocycles. The minimum absolute atomic E-state index is 0.0137. The van der Waals surface area contributed by atoms with Gasteiger partial charge in [0.05, 0.1) is 0 Å². The average Bonchev–Trinajstić information content (AvgIpc) is 2.70. The first kappa shape index (κ1) is 16.3. The second-order valence-corrected chi connectivity index (χ2v) is 4.39. The molecule has 0 bridgehead atoms. The van der Waals surface area contributed by atoms with Crippen LogP contribution in [0.1, 0.15) is 13.3 Å². The van der Waals surface area contributed by atoms with Crippen molar-refractivity contribution in [3.05, 3.63) is 12.2 Å². The Kier molecular flexibility index (Phi) is 5.58. The molecule has 0 aromatic carbocycles. The van der Waals surface area contributed by atoms with Crippen LogP contribution in [0.4, 0.5) is 0 Å². The van der Waals surface area contributed by atoms with E-state index in [1.165, 1.54) is 6.92 Å². The van der Waals surface area contributed by atoms with Gasteiger partial charge in [-0.2, -0.15) is 0 Å². The minimum atomic E-state index is -0.792. The van der Waals surface area contributed by atoms with E-state index in [0.717, 1.165) is 17.1 Å². The molecule has 114 valence electrons. The van der Waals surface area contributed by atoms with Gasteiger partial charge in [-0.15, -0.1) is 0 Å². The van der Waals surface area contributed by atoms with Crippen molar-refractivity contribution in [3.63, 3.8) is 0 Å². The molecular formula is C12H16N4O5. The van der Waals surface area contributed by atoms with Gasteiger partial charge in [-0.1, -0.05) is 0 Å². The summed E-state index contributed by atoms with van der Waals surface area (Å²) in [7, 11) is 0. The summed E-state index contributed by atoms with van der Waals surface area (Å²) in [6, 6.07) is -0.792. The Hall–Kier alpha value is -2.71. The highest BCUT2D eigenvalue weighted by atomic mass is 16.2. The van der Waals surface area contributed by atoms with Crippen molar-refractivity contribution in [1.29, 1.82) is 0 Å². The number of primary amides is 1. The van der Waals surface area contributed by atoms with Gasteiger partial charge in [-0.05, 0) is 6.92 Å². The number of nitrogens with two attached hydrogens (primary N) is 1. The lowest BCUT2D eigenvalue weighted by molar-refractivity contribution is -0.141. The van der Waals surface area contributed by atoms with Gasteiger partial charge in [-0.3, -0.25) is 28.9 Å². The van der Waals surface area contributed by atoms with Crippen molar-refractivity contribution in [3.8, 4) is 0 Å². The maximum absolute atomic E-state index is 11.5. The number of imide groups is 1. The smallest absolute Gasteiger partial charge is 0.254 e. The average molecular weight is 296 g/mol. The van der Waals surface area contributed by atoms with E-state index in [2.05, 4.69) is 10.6 Å². The normalized spacial score (nSPS) is 15.0. The number of nitrogens with one attached hydrogen (secondary N) is 2. The van der Waals surface area contributed by atoms with Gasteiger partial charge in [-0.25, -0.2) is 0 Å². The highest BCUT2D eigenvalue weighted by Gasteiger charge is 2.25. The van der Waals surface area contributed by atoms with Crippen LogP contribution in [0.2, 0.25) is 0 Å². The fourth-order valence-electron chi connectivity index (χ4n) is 1.49. The van der Waals surface area contributed by atoms with E-state index in [4.69, 9.17) is 5.73 Å². The summed E-state index contributed by atoms with van der Waals surface area (Å²) in [6.07, 6.45) is 2.10. The predicted octanol–water partition coefficient (Wildman–Crippen LogP) is -2.59. The topological polar surface area (TPSA) is 139 Å². The number of rotatable bonds is 7. The second-order valence-electron chi connectivity index (χ2n) is 4.39. The molecule has 0 aromatic rings. The minimum Gasteiger partial charge on any atom is -0.368 e. The SMILES string of the molecule is C[C@H](NC(=O)CCNC(=O)CN1C(=O)C=CC1=O)C(N)=O. The molecule has 0 aromatic heterocycles. The molecular weight excluding hydrogens is 280 g/mol. The molecule has 1 atom stereocenters. The van der Waals surface area contributed by atoms with Gasteiger partial charge in [0.15, 0.2) is 0 Å². The Bertz CT molecular complexity index is 496. The van der Waals surface area contributed by atoms with Gasteiger partial charge in [0, 0.05) is 25.1 Å². The van der Waals surface area contributed by atoms with Crippen molar-refractivity contribution < 1.29 is 24.0 Å².